The zero-order valence-electron chi connectivity index (χ0n) is 15.0. The zero-order valence-corrected chi connectivity index (χ0v) is 15.8. The van der Waals surface area contributed by atoms with Crippen LogP contribution in [0.2, 0.25) is 0 Å². The van der Waals surface area contributed by atoms with Gasteiger partial charge >= 0.3 is 0 Å². The van der Waals surface area contributed by atoms with Crippen LogP contribution >= 0.6 is 11.8 Å². The predicted molar refractivity (Wildman–Crippen MR) is 106 cm³/mol. The molecule has 0 fully saturated rings. The maximum atomic E-state index is 12.3. The Labute approximate surface area is 157 Å². The molecule has 1 amide bonds. The van der Waals surface area contributed by atoms with Crippen molar-refractivity contribution in [3.05, 3.63) is 64.2 Å². The smallest absolute Gasteiger partial charge is 0.282 e. The molecule has 2 rings (SSSR count). The van der Waals surface area contributed by atoms with Gasteiger partial charge in [0.1, 0.15) is 5.56 Å². The maximum absolute atomic E-state index is 12.3. The van der Waals surface area contributed by atoms with E-state index in [0.29, 0.717) is 6.54 Å². The zero-order chi connectivity index (χ0) is 18.9. The van der Waals surface area contributed by atoms with Crippen LogP contribution in [0.25, 0.3) is 0 Å². The van der Waals surface area contributed by atoms with E-state index in [0.717, 1.165) is 30.0 Å². The quantitative estimate of drug-likeness (QED) is 0.312. The third-order valence-electron chi connectivity index (χ3n) is 4.05. The van der Waals surface area contributed by atoms with Crippen LogP contribution in [-0.2, 0) is 0 Å². The molecule has 2 aromatic carbocycles. The summed E-state index contributed by atoms with van der Waals surface area (Å²) in [4.78, 5) is 25.9. The number of thioether (sulfide) groups is 1. The standard InChI is InChI=1S/C19H23N3O3S/c1-21(15-8-4-3-5-9-15)13-7-6-12-20-19(23)17-14-16(26-2)10-11-18(17)22(24)25/h3-5,8-11,14H,6-7,12-13H2,1-2H3,(H,20,23). The van der Waals surface area contributed by atoms with E-state index in [1.54, 1.807) is 12.1 Å². The number of benzene rings is 2. The van der Waals surface area contributed by atoms with Crippen LogP contribution in [0.3, 0.4) is 0 Å². The molecule has 0 atom stereocenters. The Hall–Kier alpha value is -2.54. The number of unbranched alkanes of at least 4 members (excludes halogenated alkanes) is 1. The number of para-hydroxylation sites is 1. The summed E-state index contributed by atoms with van der Waals surface area (Å²) in [6.45, 7) is 1.37. The maximum Gasteiger partial charge on any atom is 0.282 e. The van der Waals surface area contributed by atoms with Gasteiger partial charge in [-0.2, -0.15) is 0 Å². The summed E-state index contributed by atoms with van der Waals surface area (Å²) in [5, 5.41) is 13.9. The van der Waals surface area contributed by atoms with Crippen molar-refractivity contribution in [1.82, 2.24) is 5.32 Å². The number of nitrogens with one attached hydrogen (secondary N) is 1. The fraction of sp³-hybridized carbons (Fsp3) is 0.316. The minimum Gasteiger partial charge on any atom is -0.375 e. The Morgan fingerprint density at radius 3 is 2.58 bits per heavy atom. The number of carbonyl (C=O) groups excluding carboxylic acids is 1. The molecule has 0 saturated carbocycles. The van der Waals surface area contributed by atoms with Crippen LogP contribution in [0.1, 0.15) is 23.2 Å². The minimum absolute atomic E-state index is 0.114. The van der Waals surface area contributed by atoms with E-state index in [4.69, 9.17) is 0 Å². The Morgan fingerprint density at radius 1 is 1.19 bits per heavy atom. The van der Waals surface area contributed by atoms with Gasteiger partial charge in [0.25, 0.3) is 11.6 Å². The van der Waals surface area contributed by atoms with Crippen LogP contribution in [0.5, 0.6) is 0 Å². The first-order valence-corrected chi connectivity index (χ1v) is 9.62. The van der Waals surface area contributed by atoms with Crippen molar-refractivity contribution >= 4 is 29.0 Å². The van der Waals surface area contributed by atoms with E-state index in [1.807, 2.05) is 31.5 Å². The fourth-order valence-electron chi connectivity index (χ4n) is 2.57. The van der Waals surface area contributed by atoms with E-state index in [1.165, 1.54) is 17.8 Å². The molecule has 0 radical (unpaired) electrons. The SMILES string of the molecule is CSc1ccc([N+](=O)[O-])c(C(=O)NCCCCN(C)c2ccccc2)c1. The molecule has 6 nitrogen and oxygen atoms in total. The van der Waals surface area contributed by atoms with Gasteiger partial charge in [-0.05, 0) is 43.4 Å². The predicted octanol–water partition coefficient (Wildman–Crippen LogP) is 3.96. The normalized spacial score (nSPS) is 10.4. The number of amides is 1. The van der Waals surface area contributed by atoms with Gasteiger partial charge in [-0.1, -0.05) is 18.2 Å². The van der Waals surface area contributed by atoms with Crippen LogP contribution in [0.15, 0.2) is 53.4 Å². The number of carbonyl (C=O) groups is 1. The number of rotatable bonds is 9. The van der Waals surface area contributed by atoms with Gasteiger partial charge in [-0.25, -0.2) is 0 Å². The third kappa shape index (κ3) is 5.49. The summed E-state index contributed by atoms with van der Waals surface area (Å²) < 4.78 is 0. The van der Waals surface area contributed by atoms with E-state index in [9.17, 15) is 14.9 Å². The summed E-state index contributed by atoms with van der Waals surface area (Å²) in [7, 11) is 2.03. The van der Waals surface area contributed by atoms with Crippen molar-refractivity contribution < 1.29 is 9.72 Å². The van der Waals surface area contributed by atoms with E-state index in [2.05, 4.69) is 22.3 Å². The second-order valence-corrected chi connectivity index (χ2v) is 6.74. The average Bonchev–Trinajstić information content (AvgIpc) is 2.67. The molecule has 2 aromatic rings. The molecule has 0 aliphatic carbocycles. The Bertz CT molecular complexity index is 753. The molecule has 0 heterocycles. The summed E-state index contributed by atoms with van der Waals surface area (Å²) in [6, 6.07) is 14.7. The molecule has 138 valence electrons. The lowest BCUT2D eigenvalue weighted by molar-refractivity contribution is -0.385. The second kappa shape index (κ2) is 9.82. The van der Waals surface area contributed by atoms with Crippen molar-refractivity contribution in [2.45, 2.75) is 17.7 Å². The Morgan fingerprint density at radius 2 is 1.92 bits per heavy atom. The second-order valence-electron chi connectivity index (χ2n) is 5.86. The monoisotopic (exact) mass is 373 g/mol. The Kier molecular flexibility index (Phi) is 7.47. The van der Waals surface area contributed by atoms with Crippen molar-refractivity contribution in [3.8, 4) is 0 Å². The lowest BCUT2D eigenvalue weighted by atomic mass is 10.1. The largest absolute Gasteiger partial charge is 0.375 e. The van der Waals surface area contributed by atoms with Gasteiger partial charge in [-0.15, -0.1) is 11.8 Å². The highest BCUT2D eigenvalue weighted by Gasteiger charge is 2.20. The first-order valence-electron chi connectivity index (χ1n) is 8.39. The number of hydrogen-bond donors (Lipinski definition) is 1. The molecule has 7 heteroatoms. The molecule has 0 aliphatic rings. The minimum atomic E-state index is -0.520. The van der Waals surface area contributed by atoms with Crippen molar-refractivity contribution in [2.24, 2.45) is 0 Å². The van der Waals surface area contributed by atoms with Crippen LogP contribution < -0.4 is 10.2 Å². The van der Waals surface area contributed by atoms with Gasteiger partial charge in [-0.3, -0.25) is 14.9 Å². The molecule has 0 spiro atoms. The summed E-state index contributed by atoms with van der Waals surface area (Å²) in [5.74, 6) is -0.399. The first-order chi connectivity index (χ1) is 12.5. The number of hydrogen-bond acceptors (Lipinski definition) is 5. The highest BCUT2D eigenvalue weighted by molar-refractivity contribution is 7.98. The lowest BCUT2D eigenvalue weighted by Crippen LogP contribution is -2.26. The molecule has 0 unspecified atom stereocenters. The van der Waals surface area contributed by atoms with Gasteiger partial charge < -0.3 is 10.2 Å². The highest BCUT2D eigenvalue weighted by Crippen LogP contribution is 2.24. The molecule has 0 aromatic heterocycles. The highest BCUT2D eigenvalue weighted by atomic mass is 32.2. The van der Waals surface area contributed by atoms with Gasteiger partial charge in [0.15, 0.2) is 0 Å². The van der Waals surface area contributed by atoms with Gasteiger partial charge in [0, 0.05) is 36.8 Å². The van der Waals surface area contributed by atoms with Crippen molar-refractivity contribution in [1.29, 1.82) is 0 Å². The summed E-state index contributed by atoms with van der Waals surface area (Å²) in [5.41, 5.74) is 1.11. The molecule has 1 N–H and O–H groups in total. The van der Waals surface area contributed by atoms with Crippen LogP contribution in [0.4, 0.5) is 11.4 Å². The fourth-order valence-corrected chi connectivity index (χ4v) is 3.01. The van der Waals surface area contributed by atoms with Crippen LogP contribution in [-0.4, -0.2) is 37.2 Å². The number of nitro groups is 1. The lowest BCUT2D eigenvalue weighted by Gasteiger charge is -2.19. The van der Waals surface area contributed by atoms with E-state index >= 15 is 0 Å². The molecular formula is C19H23N3O3S. The number of nitro benzene ring substituents is 1. The topological polar surface area (TPSA) is 75.5 Å². The summed E-state index contributed by atoms with van der Waals surface area (Å²) in [6.07, 6.45) is 3.59. The molecule has 0 saturated heterocycles. The van der Waals surface area contributed by atoms with Gasteiger partial charge in [0.05, 0.1) is 4.92 Å². The number of nitrogens with zero attached hydrogens (tertiary/aromatic N) is 2. The van der Waals surface area contributed by atoms with E-state index in [-0.39, 0.29) is 11.3 Å². The average molecular weight is 373 g/mol. The van der Waals surface area contributed by atoms with Crippen LogP contribution in [0, 0.1) is 10.1 Å². The Balaban J connectivity index is 1.83. The van der Waals surface area contributed by atoms with E-state index < -0.39 is 10.8 Å². The molecule has 0 aliphatic heterocycles. The summed E-state index contributed by atoms with van der Waals surface area (Å²) >= 11 is 1.45. The van der Waals surface area contributed by atoms with Crippen molar-refractivity contribution in [2.75, 3.05) is 31.3 Å². The van der Waals surface area contributed by atoms with Gasteiger partial charge in [0.2, 0.25) is 0 Å². The van der Waals surface area contributed by atoms with Crippen molar-refractivity contribution in [3.63, 3.8) is 0 Å². The number of anilines is 1. The third-order valence-corrected chi connectivity index (χ3v) is 4.77. The first kappa shape index (κ1) is 19.8. The molecular weight excluding hydrogens is 350 g/mol. The molecule has 26 heavy (non-hydrogen) atoms. The molecule has 0 bridgehead atoms.